The van der Waals surface area contributed by atoms with Crippen LogP contribution < -0.4 is 12.4 Å². The summed E-state index contributed by atoms with van der Waals surface area (Å²) >= 11 is 0. The summed E-state index contributed by atoms with van der Waals surface area (Å²) in [4.78, 5) is 12.0. The molecule has 1 heterocycles. The fourth-order valence-electron chi connectivity index (χ4n) is 4.06. The number of carbonyl (C=O) groups is 1. The van der Waals surface area contributed by atoms with Gasteiger partial charge in [-0.15, -0.1) is 0 Å². The summed E-state index contributed by atoms with van der Waals surface area (Å²) < 4.78 is 6.21. The third kappa shape index (κ3) is 11.9. The van der Waals surface area contributed by atoms with E-state index in [1.165, 1.54) is 103 Å². The minimum Gasteiger partial charge on any atom is -1.00 e. The lowest BCUT2D eigenvalue weighted by Gasteiger charge is -2.40. The zero-order valence-corrected chi connectivity index (χ0v) is 17.6. The van der Waals surface area contributed by atoms with Crippen LogP contribution in [0, 0.1) is 0 Å². The Kier molecular flexibility index (Phi) is 15.8. The maximum atomic E-state index is 12.0. The Labute approximate surface area is 162 Å². The zero-order valence-electron chi connectivity index (χ0n) is 16.9. The van der Waals surface area contributed by atoms with Gasteiger partial charge >= 0.3 is 5.97 Å². The van der Waals surface area contributed by atoms with E-state index < -0.39 is 0 Å². The Bertz CT molecular complexity index is 317. The molecule has 0 saturated carbocycles. The second-order valence-electron chi connectivity index (χ2n) is 7.72. The number of halogens is 1. The minimum atomic E-state index is 0. The van der Waals surface area contributed by atoms with E-state index in [0.717, 1.165) is 4.48 Å². The van der Waals surface area contributed by atoms with Crippen LogP contribution in [0.15, 0.2) is 0 Å². The summed E-state index contributed by atoms with van der Waals surface area (Å²) in [5.74, 6) is 0.00600. The van der Waals surface area contributed by atoms with E-state index in [1.54, 1.807) is 0 Å². The molecule has 0 radical (unpaired) electrons. The van der Waals surface area contributed by atoms with Crippen molar-refractivity contribution >= 4 is 5.97 Å². The quantitative estimate of drug-likeness (QED) is 0.265. The van der Waals surface area contributed by atoms with Crippen molar-refractivity contribution < 1.29 is 26.4 Å². The molecule has 1 aliphatic heterocycles. The number of rotatable bonds is 14. The molecule has 0 unspecified atom stereocenters. The summed E-state index contributed by atoms with van der Waals surface area (Å²) in [5, 5.41) is 0. The highest BCUT2D eigenvalue weighted by Gasteiger charge is 2.32. The van der Waals surface area contributed by atoms with Crippen molar-refractivity contribution in [2.45, 2.75) is 97.3 Å². The molecule has 0 atom stereocenters. The molecule has 0 spiro atoms. The highest BCUT2D eigenvalue weighted by Crippen LogP contribution is 2.21. The van der Waals surface area contributed by atoms with Gasteiger partial charge in [0.25, 0.3) is 0 Å². The van der Waals surface area contributed by atoms with Crippen LogP contribution in [0.4, 0.5) is 0 Å². The Hall–Kier alpha value is -0.280. The molecule has 1 aliphatic rings. The van der Waals surface area contributed by atoms with E-state index in [9.17, 15) is 4.79 Å². The predicted molar refractivity (Wildman–Crippen MR) is 102 cm³/mol. The van der Waals surface area contributed by atoms with Gasteiger partial charge in [-0.05, 0) is 39.0 Å². The fraction of sp³-hybridized carbons (Fsp3) is 0.952. The van der Waals surface area contributed by atoms with E-state index in [-0.39, 0.29) is 18.4 Å². The fourth-order valence-corrected chi connectivity index (χ4v) is 4.06. The standard InChI is InChI=1S/C21H42NO2.ClH/c1-3-5-6-7-8-9-10-11-12-14-17-22(18-15-13-16-19-22)20-21(23)24-4-2;/h3-20H2,1-2H3;1H/q+1;/p-1. The molecule has 0 N–H and O–H groups in total. The second kappa shape index (κ2) is 15.9. The third-order valence-electron chi connectivity index (χ3n) is 5.52. The first-order chi connectivity index (χ1) is 11.7. The maximum absolute atomic E-state index is 12.0. The normalized spacial score (nSPS) is 16.2. The van der Waals surface area contributed by atoms with Crippen LogP contribution >= 0.6 is 0 Å². The summed E-state index contributed by atoms with van der Waals surface area (Å²) in [7, 11) is 0. The first kappa shape index (κ1) is 24.7. The maximum Gasteiger partial charge on any atom is 0.361 e. The largest absolute Gasteiger partial charge is 1.00 e. The first-order valence-corrected chi connectivity index (χ1v) is 10.7. The topological polar surface area (TPSA) is 26.3 Å². The molecule has 25 heavy (non-hydrogen) atoms. The molecule has 0 aromatic rings. The summed E-state index contributed by atoms with van der Waals surface area (Å²) in [6.07, 6.45) is 17.7. The SMILES string of the molecule is CCCCCCCCCCCC[N+]1(CC(=O)OCC)CCCCC1.[Cl-]. The number of piperidine rings is 1. The highest BCUT2D eigenvalue weighted by molar-refractivity contribution is 5.70. The van der Waals surface area contributed by atoms with Crippen LogP contribution in [0.5, 0.6) is 0 Å². The van der Waals surface area contributed by atoms with Gasteiger partial charge < -0.3 is 21.6 Å². The van der Waals surface area contributed by atoms with Gasteiger partial charge in [0.1, 0.15) is 0 Å². The molecule has 0 amide bonds. The number of hydrogen-bond acceptors (Lipinski definition) is 2. The van der Waals surface area contributed by atoms with Gasteiger partial charge in [0.15, 0.2) is 6.54 Å². The van der Waals surface area contributed by atoms with Crippen LogP contribution in [0.3, 0.4) is 0 Å². The van der Waals surface area contributed by atoms with Crippen molar-refractivity contribution in [3.8, 4) is 0 Å². The number of esters is 1. The summed E-state index contributed by atoms with van der Waals surface area (Å²) in [6.45, 7) is 8.82. The number of nitrogens with zero attached hydrogens (tertiary/aromatic N) is 1. The highest BCUT2D eigenvalue weighted by atomic mass is 35.5. The number of ether oxygens (including phenoxy) is 1. The monoisotopic (exact) mass is 375 g/mol. The Balaban J connectivity index is 0.00000576. The van der Waals surface area contributed by atoms with Crippen LogP contribution in [-0.2, 0) is 9.53 Å². The summed E-state index contributed by atoms with van der Waals surface area (Å²) in [6, 6.07) is 0. The molecule has 150 valence electrons. The van der Waals surface area contributed by atoms with Crippen LogP contribution in [0.1, 0.15) is 97.3 Å². The van der Waals surface area contributed by atoms with Crippen molar-refractivity contribution in [3.63, 3.8) is 0 Å². The van der Waals surface area contributed by atoms with E-state index in [2.05, 4.69) is 6.92 Å². The predicted octanol–water partition coefficient (Wildman–Crippen LogP) is 2.48. The third-order valence-corrected chi connectivity index (χ3v) is 5.52. The van der Waals surface area contributed by atoms with Gasteiger partial charge in [-0.2, -0.15) is 0 Å². The number of hydrogen-bond donors (Lipinski definition) is 0. The molecule has 0 aromatic heterocycles. The van der Waals surface area contributed by atoms with E-state index in [0.29, 0.717) is 13.2 Å². The lowest BCUT2D eigenvalue weighted by molar-refractivity contribution is -0.926. The second-order valence-corrected chi connectivity index (χ2v) is 7.72. The average molecular weight is 376 g/mol. The molecule has 1 rings (SSSR count). The summed E-state index contributed by atoms with van der Waals surface area (Å²) in [5.41, 5.74) is 0. The van der Waals surface area contributed by atoms with Crippen molar-refractivity contribution in [2.75, 3.05) is 32.8 Å². The smallest absolute Gasteiger partial charge is 0.361 e. The van der Waals surface area contributed by atoms with Crippen LogP contribution in [0.25, 0.3) is 0 Å². The van der Waals surface area contributed by atoms with Gasteiger partial charge in [-0.3, -0.25) is 0 Å². The Morgan fingerprint density at radius 3 is 1.84 bits per heavy atom. The lowest BCUT2D eigenvalue weighted by Crippen LogP contribution is -3.00. The van der Waals surface area contributed by atoms with Gasteiger partial charge in [0.2, 0.25) is 0 Å². The van der Waals surface area contributed by atoms with Gasteiger partial charge in [-0.25, -0.2) is 4.79 Å². The van der Waals surface area contributed by atoms with Gasteiger partial charge in [-0.1, -0.05) is 58.3 Å². The number of quaternary nitrogens is 1. The molecule has 0 aromatic carbocycles. The molecule has 0 bridgehead atoms. The zero-order chi connectivity index (χ0) is 17.5. The van der Waals surface area contributed by atoms with E-state index in [4.69, 9.17) is 4.74 Å². The molecular formula is C21H42ClNO2. The van der Waals surface area contributed by atoms with Crippen molar-refractivity contribution in [2.24, 2.45) is 0 Å². The van der Waals surface area contributed by atoms with Crippen molar-refractivity contribution in [1.82, 2.24) is 0 Å². The minimum absolute atomic E-state index is 0. The molecular weight excluding hydrogens is 334 g/mol. The molecule has 4 heteroatoms. The molecule has 3 nitrogen and oxygen atoms in total. The van der Waals surface area contributed by atoms with Gasteiger partial charge in [0.05, 0.1) is 26.2 Å². The number of likely N-dealkylation sites (tertiary alicyclic amines) is 1. The Morgan fingerprint density at radius 1 is 0.800 bits per heavy atom. The molecule has 1 saturated heterocycles. The first-order valence-electron chi connectivity index (χ1n) is 10.7. The van der Waals surface area contributed by atoms with Crippen molar-refractivity contribution in [1.29, 1.82) is 0 Å². The molecule has 1 fully saturated rings. The van der Waals surface area contributed by atoms with E-state index >= 15 is 0 Å². The van der Waals surface area contributed by atoms with Crippen molar-refractivity contribution in [3.05, 3.63) is 0 Å². The van der Waals surface area contributed by atoms with Gasteiger partial charge in [0, 0.05) is 0 Å². The number of carbonyl (C=O) groups excluding carboxylic acids is 1. The van der Waals surface area contributed by atoms with Crippen LogP contribution in [0.2, 0.25) is 0 Å². The molecule has 0 aliphatic carbocycles. The van der Waals surface area contributed by atoms with Crippen LogP contribution in [-0.4, -0.2) is 43.2 Å². The van der Waals surface area contributed by atoms with E-state index in [1.807, 2.05) is 6.92 Å². The lowest BCUT2D eigenvalue weighted by atomic mass is 10.0. The average Bonchev–Trinajstić information content (AvgIpc) is 2.57. The Morgan fingerprint density at radius 2 is 1.32 bits per heavy atom. The number of unbranched alkanes of at least 4 members (excludes halogenated alkanes) is 9.